The second kappa shape index (κ2) is 9.37. The molecule has 1 aliphatic rings. The van der Waals surface area contributed by atoms with Gasteiger partial charge in [-0.2, -0.15) is 0 Å². The summed E-state index contributed by atoms with van der Waals surface area (Å²) >= 11 is 1.31. The molecule has 7 heteroatoms. The van der Waals surface area contributed by atoms with Crippen molar-refractivity contribution in [1.82, 2.24) is 14.5 Å². The number of benzene rings is 1. The number of carbonyl (C=O) groups is 1. The van der Waals surface area contributed by atoms with Crippen LogP contribution in [0.3, 0.4) is 0 Å². The van der Waals surface area contributed by atoms with Crippen LogP contribution in [0, 0.1) is 0 Å². The van der Waals surface area contributed by atoms with E-state index in [-0.39, 0.29) is 23.8 Å². The SMILES string of the molecule is CN(C(=O)CSc1nc2ccccc2c(=O)n1CCCO)C1CCCCC1. The number of para-hydroxylation sites is 1. The van der Waals surface area contributed by atoms with E-state index in [1.54, 1.807) is 10.6 Å². The third-order valence-corrected chi connectivity index (χ3v) is 6.17. The van der Waals surface area contributed by atoms with Crippen molar-refractivity contribution in [2.75, 3.05) is 19.4 Å². The summed E-state index contributed by atoms with van der Waals surface area (Å²) in [7, 11) is 1.88. The number of nitrogens with zero attached hydrogens (tertiary/aromatic N) is 3. The maximum atomic E-state index is 12.8. The molecule has 0 atom stereocenters. The molecule has 0 saturated heterocycles. The molecule has 0 spiro atoms. The normalized spacial score (nSPS) is 15.2. The molecule has 6 nitrogen and oxygen atoms in total. The summed E-state index contributed by atoms with van der Waals surface area (Å²) in [4.78, 5) is 31.9. The van der Waals surface area contributed by atoms with Crippen molar-refractivity contribution in [2.24, 2.45) is 0 Å². The minimum Gasteiger partial charge on any atom is -0.396 e. The quantitative estimate of drug-likeness (QED) is 0.582. The standard InChI is InChI=1S/C20H27N3O3S/c1-22(15-8-3-2-4-9-15)18(25)14-27-20-21-17-11-6-5-10-16(17)19(26)23(20)12-7-13-24/h5-6,10-11,15,24H,2-4,7-9,12-14H2,1H3. The molecule has 27 heavy (non-hydrogen) atoms. The summed E-state index contributed by atoms with van der Waals surface area (Å²) in [6.07, 6.45) is 6.24. The first kappa shape index (κ1) is 19.9. The largest absolute Gasteiger partial charge is 0.396 e. The molecule has 1 aliphatic carbocycles. The number of aliphatic hydroxyl groups excluding tert-OH is 1. The highest BCUT2D eigenvalue weighted by Gasteiger charge is 2.22. The van der Waals surface area contributed by atoms with Gasteiger partial charge in [0.05, 0.1) is 16.7 Å². The van der Waals surface area contributed by atoms with Crippen LogP contribution in [-0.4, -0.2) is 50.9 Å². The van der Waals surface area contributed by atoms with Gasteiger partial charge in [-0.15, -0.1) is 0 Å². The van der Waals surface area contributed by atoms with Crippen molar-refractivity contribution in [3.8, 4) is 0 Å². The lowest BCUT2D eigenvalue weighted by Gasteiger charge is -2.31. The van der Waals surface area contributed by atoms with Crippen LogP contribution in [-0.2, 0) is 11.3 Å². The van der Waals surface area contributed by atoms with Crippen LogP contribution in [0.5, 0.6) is 0 Å². The maximum absolute atomic E-state index is 12.8. The lowest BCUT2D eigenvalue weighted by Crippen LogP contribution is -2.39. The van der Waals surface area contributed by atoms with Gasteiger partial charge in [0, 0.05) is 26.2 Å². The first-order valence-electron chi connectivity index (χ1n) is 9.60. The van der Waals surface area contributed by atoms with E-state index in [0.717, 1.165) is 12.8 Å². The van der Waals surface area contributed by atoms with Gasteiger partial charge in [0.1, 0.15) is 0 Å². The summed E-state index contributed by atoms with van der Waals surface area (Å²) in [5.41, 5.74) is 0.517. The Morgan fingerprint density at radius 1 is 1.30 bits per heavy atom. The van der Waals surface area contributed by atoms with E-state index < -0.39 is 0 Å². The number of thioether (sulfide) groups is 1. The van der Waals surface area contributed by atoms with Gasteiger partial charge in [-0.1, -0.05) is 43.2 Å². The van der Waals surface area contributed by atoms with Crippen LogP contribution in [0.1, 0.15) is 38.5 Å². The fourth-order valence-corrected chi connectivity index (χ4v) is 4.53. The van der Waals surface area contributed by atoms with E-state index in [0.29, 0.717) is 35.1 Å². The Balaban J connectivity index is 1.78. The zero-order valence-corrected chi connectivity index (χ0v) is 16.6. The van der Waals surface area contributed by atoms with Crippen LogP contribution in [0.2, 0.25) is 0 Å². The lowest BCUT2D eigenvalue weighted by molar-refractivity contribution is -0.129. The van der Waals surface area contributed by atoms with E-state index in [1.165, 1.54) is 31.0 Å². The Morgan fingerprint density at radius 3 is 2.78 bits per heavy atom. The number of carbonyl (C=O) groups excluding carboxylic acids is 1. The Morgan fingerprint density at radius 2 is 2.04 bits per heavy atom. The predicted octanol–water partition coefficient (Wildman–Crippen LogP) is 2.66. The van der Waals surface area contributed by atoms with Gasteiger partial charge in [0.2, 0.25) is 5.91 Å². The lowest BCUT2D eigenvalue weighted by atomic mass is 9.94. The molecule has 146 valence electrons. The summed E-state index contributed by atoms with van der Waals surface area (Å²) < 4.78 is 1.58. The van der Waals surface area contributed by atoms with Crippen molar-refractivity contribution < 1.29 is 9.90 Å². The second-order valence-electron chi connectivity index (χ2n) is 7.03. The average molecular weight is 390 g/mol. The van der Waals surface area contributed by atoms with Gasteiger partial charge in [0.15, 0.2) is 5.16 Å². The molecule has 0 aliphatic heterocycles. The number of rotatable bonds is 7. The molecule has 1 fully saturated rings. The van der Waals surface area contributed by atoms with E-state index in [9.17, 15) is 9.59 Å². The molecule has 2 aromatic rings. The molecular weight excluding hydrogens is 362 g/mol. The Hall–Kier alpha value is -1.86. The Kier molecular flexibility index (Phi) is 6.90. The third kappa shape index (κ3) is 4.71. The fourth-order valence-electron chi connectivity index (χ4n) is 3.58. The van der Waals surface area contributed by atoms with Gasteiger partial charge < -0.3 is 10.0 Å². The highest BCUT2D eigenvalue weighted by molar-refractivity contribution is 7.99. The average Bonchev–Trinajstić information content (AvgIpc) is 2.71. The maximum Gasteiger partial charge on any atom is 0.262 e. The van der Waals surface area contributed by atoms with Crippen molar-refractivity contribution >= 4 is 28.6 Å². The number of amides is 1. The van der Waals surface area contributed by atoms with E-state index in [4.69, 9.17) is 5.11 Å². The third-order valence-electron chi connectivity index (χ3n) is 5.21. The van der Waals surface area contributed by atoms with E-state index in [1.807, 2.05) is 30.1 Å². The molecule has 0 unspecified atom stereocenters. The smallest absolute Gasteiger partial charge is 0.262 e. The number of aromatic nitrogens is 2. The predicted molar refractivity (Wildman–Crippen MR) is 108 cm³/mol. The van der Waals surface area contributed by atoms with Crippen LogP contribution < -0.4 is 5.56 Å². The fraction of sp³-hybridized carbons (Fsp3) is 0.550. The highest BCUT2D eigenvalue weighted by atomic mass is 32.2. The molecule has 1 saturated carbocycles. The second-order valence-corrected chi connectivity index (χ2v) is 7.97. The minimum absolute atomic E-state index is 0.00667. The minimum atomic E-state index is -0.121. The van der Waals surface area contributed by atoms with Gasteiger partial charge in [-0.3, -0.25) is 14.2 Å². The van der Waals surface area contributed by atoms with Gasteiger partial charge >= 0.3 is 0 Å². The first-order chi connectivity index (χ1) is 13.1. The molecule has 1 aromatic heterocycles. The molecule has 0 radical (unpaired) electrons. The van der Waals surface area contributed by atoms with E-state index >= 15 is 0 Å². The molecule has 1 N–H and O–H groups in total. The Labute approximate surface area is 163 Å². The van der Waals surface area contributed by atoms with Gasteiger partial charge in [0.25, 0.3) is 5.56 Å². The molecule has 3 rings (SSSR count). The molecule has 0 bridgehead atoms. The van der Waals surface area contributed by atoms with Crippen molar-refractivity contribution in [2.45, 2.75) is 56.3 Å². The van der Waals surface area contributed by atoms with Gasteiger partial charge in [-0.25, -0.2) is 4.98 Å². The van der Waals surface area contributed by atoms with Crippen molar-refractivity contribution in [3.63, 3.8) is 0 Å². The molecule has 1 amide bonds. The number of fused-ring (bicyclic) bond motifs is 1. The van der Waals surface area contributed by atoms with Gasteiger partial charge in [-0.05, 0) is 31.4 Å². The summed E-state index contributed by atoms with van der Waals surface area (Å²) in [5.74, 6) is 0.333. The number of hydrogen-bond donors (Lipinski definition) is 1. The topological polar surface area (TPSA) is 75.4 Å². The van der Waals surface area contributed by atoms with Crippen LogP contribution in [0.25, 0.3) is 10.9 Å². The van der Waals surface area contributed by atoms with E-state index in [2.05, 4.69) is 4.98 Å². The zero-order chi connectivity index (χ0) is 19.2. The molecule has 1 aromatic carbocycles. The summed E-state index contributed by atoms with van der Waals surface area (Å²) in [5, 5.41) is 10.3. The first-order valence-corrected chi connectivity index (χ1v) is 10.6. The van der Waals surface area contributed by atoms with Crippen LogP contribution in [0.15, 0.2) is 34.2 Å². The molecule has 1 heterocycles. The number of hydrogen-bond acceptors (Lipinski definition) is 5. The van der Waals surface area contributed by atoms with Crippen molar-refractivity contribution in [3.05, 3.63) is 34.6 Å². The summed E-state index contributed by atoms with van der Waals surface area (Å²) in [6.45, 7) is 0.398. The molecular formula is C20H27N3O3S. The van der Waals surface area contributed by atoms with Crippen molar-refractivity contribution in [1.29, 1.82) is 0 Å². The van der Waals surface area contributed by atoms with Crippen LogP contribution in [0.4, 0.5) is 0 Å². The number of aliphatic hydroxyl groups is 1. The zero-order valence-electron chi connectivity index (χ0n) is 15.8. The highest BCUT2D eigenvalue weighted by Crippen LogP contribution is 2.23. The Bertz CT molecular complexity index is 846. The monoisotopic (exact) mass is 389 g/mol. The summed E-state index contributed by atoms with van der Waals surface area (Å²) in [6, 6.07) is 7.57. The van der Waals surface area contributed by atoms with Crippen LogP contribution >= 0.6 is 11.8 Å².